The van der Waals surface area contributed by atoms with Crippen LogP contribution < -0.4 is 0 Å². The normalized spacial score (nSPS) is 23.5. The van der Waals surface area contributed by atoms with E-state index in [4.69, 9.17) is 19.3 Å². The first-order valence-corrected chi connectivity index (χ1v) is 26.7. The third-order valence-electron chi connectivity index (χ3n) is 15.2. The van der Waals surface area contributed by atoms with Gasteiger partial charge in [-0.3, -0.25) is 0 Å². The van der Waals surface area contributed by atoms with E-state index in [1.807, 2.05) is 112 Å². The summed E-state index contributed by atoms with van der Waals surface area (Å²) in [6.45, 7) is 10.5. The highest BCUT2D eigenvalue weighted by atomic mass is 16.6. The summed E-state index contributed by atoms with van der Waals surface area (Å²) in [4.78, 5) is 22.5. The van der Waals surface area contributed by atoms with Crippen molar-refractivity contribution in [2.75, 3.05) is 26.4 Å². The molecule has 3 N–H and O–H groups in total. The van der Waals surface area contributed by atoms with Crippen molar-refractivity contribution >= 4 is 11.9 Å². The second kappa shape index (κ2) is 28.9. The third-order valence-corrected chi connectivity index (χ3v) is 15.2. The monoisotopic (exact) mass is 981 g/mol. The van der Waals surface area contributed by atoms with Crippen molar-refractivity contribution in [3.63, 3.8) is 0 Å². The number of rotatable bonds is 20. The maximum atomic E-state index is 11.9. The molecule has 0 radical (unpaired) electrons. The van der Waals surface area contributed by atoms with Crippen LogP contribution in [0.2, 0.25) is 0 Å². The number of carbonyl (C=O) groups is 2. The standard InChI is InChI=1S/C34H46O4.C30H38O4/c1-32(2,3)38-31(36)27-37-26-20-29-18-9-11-21-33(29,4)22-12-10-19-30(35)34(24-14-25-34)23-13-8-17-28-15-6-5-7-16-28;1-29(18-8-6-15-26(29)17-23-34-24-28(32)33)19-9-7-16-27(31)30(21-11-22-30)20-10-5-14-25-12-3-2-4-13-25/h5-7,10,12,15-16,19-20,22,30,35H,9,11,13-14,18,21,23-27H2,1-4H3;2-4,7,9,12-13,16-17,19,27,31H,6,8,10-11,15,18,20-24H2,1H3,(H,32,33)/b19-10+,22-12+,29-20+;16-7+,19-9+,26-17+/t30?,33-;27?,29-/m00/s1. The van der Waals surface area contributed by atoms with Crippen molar-refractivity contribution in [3.8, 4) is 23.7 Å². The van der Waals surface area contributed by atoms with E-state index in [0.29, 0.717) is 13.2 Å². The number of esters is 1. The number of carboxylic acid groups (broad SMARTS) is 1. The lowest BCUT2D eigenvalue weighted by Crippen LogP contribution is -2.40. The van der Waals surface area contributed by atoms with Gasteiger partial charge in [-0.05, 0) is 122 Å². The second-order valence-corrected chi connectivity index (χ2v) is 21.9. The number of benzene rings is 2. The number of allylic oxidation sites excluding steroid dienone is 8. The smallest absolute Gasteiger partial charge is 0.332 e. The zero-order valence-corrected chi connectivity index (χ0v) is 44.1. The zero-order chi connectivity index (χ0) is 51.8. The van der Waals surface area contributed by atoms with Crippen LogP contribution in [-0.2, 0) is 23.8 Å². The number of aliphatic carboxylic acids is 1. The Bertz CT molecular complexity index is 2320. The van der Waals surface area contributed by atoms with E-state index in [1.165, 1.54) is 43.3 Å². The minimum atomic E-state index is -0.944. The van der Waals surface area contributed by atoms with Crippen LogP contribution in [0.3, 0.4) is 0 Å². The number of hydrogen-bond donors (Lipinski definition) is 3. The van der Waals surface area contributed by atoms with Gasteiger partial charge in [0, 0.05) is 45.6 Å². The van der Waals surface area contributed by atoms with Crippen LogP contribution in [0.25, 0.3) is 0 Å². The van der Waals surface area contributed by atoms with Crippen LogP contribution in [0.5, 0.6) is 0 Å². The Kier molecular flexibility index (Phi) is 23.1. The van der Waals surface area contributed by atoms with Crippen molar-refractivity contribution in [1.82, 2.24) is 0 Å². The first kappa shape index (κ1) is 57.7. The number of ether oxygens (including phenoxy) is 3. The molecule has 8 heteroatoms. The number of aliphatic hydroxyl groups excluding tert-OH is 2. The van der Waals surface area contributed by atoms with Gasteiger partial charge >= 0.3 is 11.9 Å². The van der Waals surface area contributed by atoms with Gasteiger partial charge < -0.3 is 29.5 Å². The molecule has 2 aromatic rings. The molecule has 8 nitrogen and oxygen atoms in total. The number of carboxylic acids is 1. The number of hydrogen-bond acceptors (Lipinski definition) is 7. The van der Waals surface area contributed by atoms with E-state index in [-0.39, 0.29) is 40.8 Å². The van der Waals surface area contributed by atoms with Gasteiger partial charge in [-0.1, -0.05) is 172 Å². The fraction of sp³-hybridized carbons (Fsp3) is 0.531. The van der Waals surface area contributed by atoms with E-state index in [0.717, 1.165) is 94.6 Å². The van der Waals surface area contributed by atoms with Gasteiger partial charge in [-0.2, -0.15) is 0 Å². The Morgan fingerprint density at radius 3 is 1.43 bits per heavy atom. The molecule has 6 rings (SSSR count). The molecule has 0 heterocycles. The molecule has 0 saturated heterocycles. The molecule has 4 atom stereocenters. The molecule has 0 bridgehead atoms. The fourth-order valence-corrected chi connectivity index (χ4v) is 10.5. The average Bonchev–Trinajstić information content (AvgIpc) is 3.32. The van der Waals surface area contributed by atoms with Gasteiger partial charge in [0.05, 0.1) is 25.4 Å². The second-order valence-electron chi connectivity index (χ2n) is 21.9. The van der Waals surface area contributed by atoms with Gasteiger partial charge in [0.15, 0.2) is 0 Å². The lowest BCUT2D eigenvalue weighted by Gasteiger charge is -2.44. The van der Waals surface area contributed by atoms with E-state index < -0.39 is 23.8 Å². The maximum absolute atomic E-state index is 11.9. The summed E-state index contributed by atoms with van der Waals surface area (Å²) in [5.41, 5.74) is 4.06. The van der Waals surface area contributed by atoms with E-state index in [2.05, 4.69) is 67.9 Å². The van der Waals surface area contributed by atoms with Crippen molar-refractivity contribution in [2.24, 2.45) is 21.7 Å². The van der Waals surface area contributed by atoms with Gasteiger partial charge in [-0.15, -0.1) is 0 Å². The van der Waals surface area contributed by atoms with Gasteiger partial charge in [0.25, 0.3) is 0 Å². The quantitative estimate of drug-likeness (QED) is 0.0394. The van der Waals surface area contributed by atoms with Crippen LogP contribution in [0.1, 0.15) is 161 Å². The highest BCUT2D eigenvalue weighted by Gasteiger charge is 2.42. The number of aliphatic hydroxyl groups is 2. The molecule has 0 aliphatic heterocycles. The predicted molar refractivity (Wildman–Crippen MR) is 291 cm³/mol. The molecule has 2 aromatic carbocycles. The largest absolute Gasteiger partial charge is 0.480 e. The average molecular weight is 981 g/mol. The molecule has 4 saturated carbocycles. The molecule has 4 fully saturated rings. The van der Waals surface area contributed by atoms with Crippen molar-refractivity contribution in [3.05, 3.63) is 144 Å². The summed E-state index contributed by atoms with van der Waals surface area (Å²) in [6.07, 6.45) is 38.7. The van der Waals surface area contributed by atoms with E-state index >= 15 is 0 Å². The zero-order valence-electron chi connectivity index (χ0n) is 44.1. The fourth-order valence-electron chi connectivity index (χ4n) is 10.5. The Labute approximate surface area is 432 Å². The Hall–Kier alpha value is -5.22. The van der Waals surface area contributed by atoms with Crippen LogP contribution in [-0.4, -0.2) is 71.5 Å². The van der Waals surface area contributed by atoms with Gasteiger partial charge in [-0.25, -0.2) is 9.59 Å². The summed E-state index contributed by atoms with van der Waals surface area (Å²) < 4.78 is 16.1. The highest BCUT2D eigenvalue weighted by molar-refractivity contribution is 5.71. The number of carbonyl (C=O) groups excluding carboxylic acids is 1. The minimum Gasteiger partial charge on any atom is -0.480 e. The molecular weight excluding hydrogens is 897 g/mol. The minimum absolute atomic E-state index is 0.0339. The van der Waals surface area contributed by atoms with Crippen LogP contribution in [0.15, 0.2) is 133 Å². The van der Waals surface area contributed by atoms with Crippen LogP contribution in [0, 0.1) is 45.3 Å². The molecule has 0 spiro atoms. The summed E-state index contributed by atoms with van der Waals surface area (Å²) in [5, 5.41) is 30.7. The van der Waals surface area contributed by atoms with Crippen molar-refractivity contribution in [1.29, 1.82) is 0 Å². The summed E-state index contributed by atoms with van der Waals surface area (Å²) in [7, 11) is 0. The van der Waals surface area contributed by atoms with E-state index in [9.17, 15) is 19.8 Å². The molecule has 4 aliphatic rings. The van der Waals surface area contributed by atoms with Gasteiger partial charge in [0.1, 0.15) is 18.8 Å². The first-order chi connectivity index (χ1) is 34.6. The van der Waals surface area contributed by atoms with Crippen LogP contribution >= 0.6 is 0 Å². The van der Waals surface area contributed by atoms with Crippen molar-refractivity contribution in [2.45, 2.75) is 168 Å². The van der Waals surface area contributed by atoms with E-state index in [1.54, 1.807) is 0 Å². The molecule has 388 valence electrons. The Morgan fingerprint density at radius 1 is 0.611 bits per heavy atom. The van der Waals surface area contributed by atoms with Crippen LogP contribution in [0.4, 0.5) is 0 Å². The SMILES string of the molecule is CC(C)(C)OC(=O)COC/C=C1\CCCC[C@@]1(C)/C=C/C=C/C(O)C1(CCC#Cc2ccccc2)CCC1.C[C@@]1(/C=C/C=C/C(O)C2(CCC#Cc3ccccc3)CCC2)CCCC/C1=C\COCC(=O)O. The van der Waals surface area contributed by atoms with Gasteiger partial charge in [0.2, 0.25) is 0 Å². The first-order valence-electron chi connectivity index (χ1n) is 26.7. The summed E-state index contributed by atoms with van der Waals surface area (Å²) in [5.74, 6) is 11.8. The topological polar surface area (TPSA) is 123 Å². The lowest BCUT2D eigenvalue weighted by atomic mass is 9.62. The molecule has 0 amide bonds. The molecular formula is C64H84O8. The lowest BCUT2D eigenvalue weighted by molar-refractivity contribution is -0.159. The molecule has 4 aliphatic carbocycles. The van der Waals surface area contributed by atoms with Crippen molar-refractivity contribution < 1.29 is 39.1 Å². The molecule has 2 unspecified atom stereocenters. The Morgan fingerprint density at radius 2 is 1.04 bits per heavy atom. The highest BCUT2D eigenvalue weighted by Crippen LogP contribution is 2.49. The Balaban J connectivity index is 0.000000269. The molecule has 72 heavy (non-hydrogen) atoms. The summed E-state index contributed by atoms with van der Waals surface area (Å²) >= 11 is 0. The predicted octanol–water partition coefficient (Wildman–Crippen LogP) is 13.4. The maximum Gasteiger partial charge on any atom is 0.332 e. The molecule has 0 aromatic heterocycles. The summed E-state index contributed by atoms with van der Waals surface area (Å²) in [6, 6.07) is 20.1. The third kappa shape index (κ3) is 19.0.